The van der Waals surface area contributed by atoms with Gasteiger partial charge in [0.25, 0.3) is 0 Å². The first-order valence-corrected chi connectivity index (χ1v) is 13.4. The van der Waals surface area contributed by atoms with E-state index >= 15 is 0 Å². The van der Waals surface area contributed by atoms with Crippen LogP contribution in [0.1, 0.15) is 61.8 Å². The minimum absolute atomic E-state index is 0.0662. The van der Waals surface area contributed by atoms with Crippen molar-refractivity contribution in [3.63, 3.8) is 0 Å². The summed E-state index contributed by atoms with van der Waals surface area (Å²) in [5.74, 6) is 1.40. The SMILES string of the molecule is COC1COCCC1C[C@@H]1C[C@H]2OC(C3CC3)C[C@@]2(C(=O)N2CCc3ncc(C(F)(F)F)cc3C2)C1. The number of methoxy groups -OCH3 is 1. The number of pyridine rings is 1. The fraction of sp³-hybridized carbons (Fsp3) is 0.778. The van der Waals surface area contributed by atoms with Gasteiger partial charge in [-0.15, -0.1) is 0 Å². The highest BCUT2D eigenvalue weighted by molar-refractivity contribution is 5.84. The molecule has 0 bridgehead atoms. The zero-order valence-corrected chi connectivity index (χ0v) is 20.8. The normalized spacial score (nSPS) is 36.6. The van der Waals surface area contributed by atoms with Gasteiger partial charge < -0.3 is 19.1 Å². The summed E-state index contributed by atoms with van der Waals surface area (Å²) >= 11 is 0. The number of amides is 1. The molecule has 1 aromatic heterocycles. The molecule has 2 saturated carbocycles. The number of carbonyl (C=O) groups is 1. The number of hydrogen-bond donors (Lipinski definition) is 0. The number of rotatable bonds is 5. The summed E-state index contributed by atoms with van der Waals surface area (Å²) in [4.78, 5) is 20.1. The maximum absolute atomic E-state index is 14.2. The summed E-state index contributed by atoms with van der Waals surface area (Å²) in [7, 11) is 1.73. The standard InChI is InChI=1S/C27H35F3N2O4/c1-34-23-15-35-7-5-18(23)8-16-9-24-26(11-16,12-22(36-24)17-2-3-17)25(33)32-6-4-21-19(14-32)10-20(13-31-21)27(28,29)30/h10,13,16-18,22-24H,2-9,11-12,14-15H2,1H3/t16-,18?,22?,23?,24-,26+/m1/s1. The van der Waals surface area contributed by atoms with Gasteiger partial charge in [-0.05, 0) is 74.3 Å². The Morgan fingerprint density at radius 3 is 2.86 bits per heavy atom. The van der Waals surface area contributed by atoms with Crippen molar-refractivity contribution in [2.45, 2.75) is 82.4 Å². The summed E-state index contributed by atoms with van der Waals surface area (Å²) in [5.41, 5.74) is -0.156. The van der Waals surface area contributed by atoms with Crippen molar-refractivity contribution in [3.8, 4) is 0 Å². The van der Waals surface area contributed by atoms with Gasteiger partial charge in [-0.1, -0.05) is 0 Å². The summed E-state index contributed by atoms with van der Waals surface area (Å²) < 4.78 is 57.7. The molecule has 0 N–H and O–H groups in total. The largest absolute Gasteiger partial charge is 0.417 e. The lowest BCUT2D eigenvalue weighted by molar-refractivity contribution is -0.145. The first-order chi connectivity index (χ1) is 17.3. The van der Waals surface area contributed by atoms with Crippen LogP contribution in [0.2, 0.25) is 0 Å². The average Bonchev–Trinajstić information content (AvgIpc) is 3.57. The van der Waals surface area contributed by atoms with Gasteiger partial charge in [0.2, 0.25) is 5.91 Å². The lowest BCUT2D eigenvalue weighted by atomic mass is 9.76. The lowest BCUT2D eigenvalue weighted by Crippen LogP contribution is -2.48. The van der Waals surface area contributed by atoms with Gasteiger partial charge in [0, 0.05) is 45.1 Å². The second kappa shape index (κ2) is 9.24. The molecule has 1 amide bonds. The first kappa shape index (κ1) is 24.6. The molecule has 0 aromatic carbocycles. The van der Waals surface area contributed by atoms with Crippen LogP contribution in [0.15, 0.2) is 12.3 Å². The fourth-order valence-electron chi connectivity index (χ4n) is 7.30. The third-order valence-corrected chi connectivity index (χ3v) is 9.33. The Morgan fingerprint density at radius 1 is 1.28 bits per heavy atom. The second-order valence-corrected chi connectivity index (χ2v) is 11.6. The molecule has 0 spiro atoms. The molecular weight excluding hydrogens is 473 g/mol. The molecule has 5 aliphatic rings. The minimum Gasteiger partial charge on any atom is -0.379 e. The Balaban J connectivity index is 1.21. The summed E-state index contributed by atoms with van der Waals surface area (Å²) in [6.45, 7) is 2.03. The van der Waals surface area contributed by atoms with Crippen molar-refractivity contribution < 1.29 is 32.2 Å². The predicted molar refractivity (Wildman–Crippen MR) is 124 cm³/mol. The van der Waals surface area contributed by atoms with E-state index in [1.54, 1.807) is 12.0 Å². The van der Waals surface area contributed by atoms with Crippen LogP contribution in [-0.4, -0.2) is 61.0 Å². The molecule has 4 heterocycles. The minimum atomic E-state index is -4.45. The first-order valence-electron chi connectivity index (χ1n) is 13.4. The highest BCUT2D eigenvalue weighted by Gasteiger charge is 2.62. The van der Waals surface area contributed by atoms with Gasteiger partial charge >= 0.3 is 6.18 Å². The molecule has 6 rings (SSSR count). The van der Waals surface area contributed by atoms with Crippen molar-refractivity contribution in [2.75, 3.05) is 26.9 Å². The van der Waals surface area contributed by atoms with E-state index in [2.05, 4.69) is 4.98 Å². The van der Waals surface area contributed by atoms with Crippen LogP contribution < -0.4 is 0 Å². The maximum Gasteiger partial charge on any atom is 0.417 e. The number of carbonyl (C=O) groups excluding carboxylic acids is 1. The van der Waals surface area contributed by atoms with Crippen molar-refractivity contribution in [1.29, 1.82) is 0 Å². The second-order valence-electron chi connectivity index (χ2n) is 11.6. The molecule has 9 heteroatoms. The van der Waals surface area contributed by atoms with E-state index in [1.165, 1.54) is 6.07 Å². The summed E-state index contributed by atoms with van der Waals surface area (Å²) in [6, 6.07) is 1.17. The van der Waals surface area contributed by atoms with Gasteiger partial charge in [-0.3, -0.25) is 9.78 Å². The van der Waals surface area contributed by atoms with Crippen LogP contribution in [0, 0.1) is 23.2 Å². The molecule has 1 aromatic rings. The van der Waals surface area contributed by atoms with Crippen LogP contribution >= 0.6 is 0 Å². The lowest BCUT2D eigenvalue weighted by Gasteiger charge is -2.37. The van der Waals surface area contributed by atoms with Crippen LogP contribution in [0.3, 0.4) is 0 Å². The topological polar surface area (TPSA) is 60.9 Å². The zero-order chi connectivity index (χ0) is 25.1. The number of aromatic nitrogens is 1. The number of halogens is 3. The van der Waals surface area contributed by atoms with Gasteiger partial charge in [-0.2, -0.15) is 13.2 Å². The van der Waals surface area contributed by atoms with Crippen molar-refractivity contribution in [1.82, 2.24) is 9.88 Å². The van der Waals surface area contributed by atoms with E-state index in [0.29, 0.717) is 48.6 Å². The summed E-state index contributed by atoms with van der Waals surface area (Å²) in [5, 5.41) is 0. The van der Waals surface area contributed by atoms with E-state index in [9.17, 15) is 18.0 Å². The van der Waals surface area contributed by atoms with E-state index in [-0.39, 0.29) is 30.8 Å². The molecule has 198 valence electrons. The van der Waals surface area contributed by atoms with E-state index in [4.69, 9.17) is 14.2 Å². The molecular formula is C27H35F3N2O4. The van der Waals surface area contributed by atoms with Crippen LogP contribution in [0.5, 0.6) is 0 Å². The maximum atomic E-state index is 14.2. The smallest absolute Gasteiger partial charge is 0.379 e. The number of hydrogen-bond acceptors (Lipinski definition) is 5. The molecule has 4 fully saturated rings. The zero-order valence-electron chi connectivity index (χ0n) is 20.8. The van der Waals surface area contributed by atoms with Gasteiger partial charge in [0.1, 0.15) is 0 Å². The molecule has 36 heavy (non-hydrogen) atoms. The van der Waals surface area contributed by atoms with Crippen LogP contribution in [0.4, 0.5) is 13.2 Å². The predicted octanol–water partition coefficient (Wildman–Crippen LogP) is 4.39. The average molecular weight is 509 g/mol. The highest BCUT2D eigenvalue weighted by Crippen LogP contribution is 2.58. The fourth-order valence-corrected chi connectivity index (χ4v) is 7.30. The molecule has 2 saturated heterocycles. The molecule has 3 unspecified atom stereocenters. The molecule has 3 aliphatic heterocycles. The molecule has 6 nitrogen and oxygen atoms in total. The van der Waals surface area contributed by atoms with E-state index < -0.39 is 17.2 Å². The molecule has 6 atom stereocenters. The Hall–Kier alpha value is -1.71. The number of ether oxygens (including phenoxy) is 3. The van der Waals surface area contributed by atoms with Crippen molar-refractivity contribution in [3.05, 3.63) is 29.1 Å². The Morgan fingerprint density at radius 2 is 2.11 bits per heavy atom. The Kier molecular flexibility index (Phi) is 6.32. The monoisotopic (exact) mass is 508 g/mol. The van der Waals surface area contributed by atoms with E-state index in [1.807, 2.05) is 0 Å². The molecule has 0 radical (unpaired) electrons. The van der Waals surface area contributed by atoms with Crippen LogP contribution in [0.25, 0.3) is 0 Å². The number of nitrogens with zero attached hydrogens (tertiary/aromatic N) is 2. The molecule has 2 aliphatic carbocycles. The van der Waals surface area contributed by atoms with E-state index in [0.717, 1.165) is 57.7 Å². The van der Waals surface area contributed by atoms with Crippen molar-refractivity contribution in [2.24, 2.45) is 23.2 Å². The summed E-state index contributed by atoms with van der Waals surface area (Å²) in [6.07, 6.45) is 3.71. The van der Waals surface area contributed by atoms with Crippen LogP contribution in [-0.2, 0) is 38.1 Å². The number of fused-ring (bicyclic) bond motifs is 2. The van der Waals surface area contributed by atoms with Gasteiger partial charge in [0.15, 0.2) is 0 Å². The quantitative estimate of drug-likeness (QED) is 0.591. The Bertz CT molecular complexity index is 1000. The third-order valence-electron chi connectivity index (χ3n) is 9.33. The Labute approximate surface area is 209 Å². The van der Waals surface area contributed by atoms with Crippen molar-refractivity contribution >= 4 is 5.91 Å². The van der Waals surface area contributed by atoms with Gasteiger partial charge in [-0.25, -0.2) is 0 Å². The highest BCUT2D eigenvalue weighted by atomic mass is 19.4. The number of alkyl halides is 3. The third kappa shape index (κ3) is 4.45. The van der Waals surface area contributed by atoms with Gasteiger partial charge in [0.05, 0.1) is 35.9 Å².